The third-order valence-corrected chi connectivity index (χ3v) is 5.41. The highest BCUT2D eigenvalue weighted by molar-refractivity contribution is 7.13. The zero-order chi connectivity index (χ0) is 15.8. The van der Waals surface area contributed by atoms with Crippen LogP contribution >= 0.6 is 11.3 Å². The van der Waals surface area contributed by atoms with E-state index in [2.05, 4.69) is 15.3 Å². The molecule has 2 aliphatic rings. The molecule has 3 heterocycles. The zero-order valence-electron chi connectivity index (χ0n) is 13.1. The minimum Gasteiger partial charge on any atom is -0.480 e. The molecule has 1 amide bonds. The van der Waals surface area contributed by atoms with Gasteiger partial charge in [0, 0.05) is 38.0 Å². The maximum Gasteiger partial charge on any atom is 0.264 e. The lowest BCUT2D eigenvalue weighted by Crippen LogP contribution is -2.52. The van der Waals surface area contributed by atoms with Crippen LogP contribution in [0.4, 0.5) is 5.13 Å². The van der Waals surface area contributed by atoms with Crippen LogP contribution in [-0.4, -0.2) is 48.1 Å². The first-order valence-corrected chi connectivity index (χ1v) is 8.79. The van der Waals surface area contributed by atoms with E-state index < -0.39 is 0 Å². The molecule has 2 aliphatic heterocycles. The highest BCUT2D eigenvalue weighted by atomic mass is 32.1. The number of anilines is 1. The van der Waals surface area contributed by atoms with Crippen molar-refractivity contribution in [3.8, 4) is 5.75 Å². The van der Waals surface area contributed by atoms with Crippen LogP contribution in [0, 0.1) is 6.92 Å². The molecular formula is C17H19N3O2S. The van der Waals surface area contributed by atoms with E-state index in [1.54, 1.807) is 11.3 Å². The summed E-state index contributed by atoms with van der Waals surface area (Å²) in [5.74, 6) is 0.957. The summed E-state index contributed by atoms with van der Waals surface area (Å²) in [6.45, 7) is 5.13. The fourth-order valence-electron chi connectivity index (χ4n) is 3.13. The first-order valence-electron chi connectivity index (χ1n) is 7.91. The van der Waals surface area contributed by atoms with Gasteiger partial charge in [-0.05, 0) is 18.6 Å². The van der Waals surface area contributed by atoms with Crippen molar-refractivity contribution >= 4 is 22.4 Å². The van der Waals surface area contributed by atoms with Crippen LogP contribution in [-0.2, 0) is 11.2 Å². The molecule has 6 heteroatoms. The van der Waals surface area contributed by atoms with Gasteiger partial charge in [-0.2, -0.15) is 0 Å². The monoisotopic (exact) mass is 329 g/mol. The van der Waals surface area contributed by atoms with Crippen molar-refractivity contribution in [1.82, 2.24) is 9.88 Å². The number of para-hydroxylation sites is 1. The summed E-state index contributed by atoms with van der Waals surface area (Å²) in [6.07, 6.45) is 0.321. The molecule has 0 N–H and O–H groups in total. The Labute approximate surface area is 139 Å². The number of piperazine rings is 1. The molecular weight excluding hydrogens is 310 g/mol. The van der Waals surface area contributed by atoms with Crippen LogP contribution in [0.1, 0.15) is 11.3 Å². The third-order valence-electron chi connectivity index (χ3n) is 4.39. The van der Waals surface area contributed by atoms with Gasteiger partial charge in [-0.25, -0.2) is 4.98 Å². The molecule has 1 aromatic carbocycles. The van der Waals surface area contributed by atoms with E-state index in [1.807, 2.05) is 36.1 Å². The molecule has 0 saturated carbocycles. The summed E-state index contributed by atoms with van der Waals surface area (Å²) < 4.78 is 5.82. The maximum absolute atomic E-state index is 12.7. The Bertz CT molecular complexity index is 697. The molecule has 0 spiro atoms. The minimum atomic E-state index is -0.360. The Morgan fingerprint density at radius 2 is 2.04 bits per heavy atom. The number of rotatable bonds is 2. The number of hydrogen-bond acceptors (Lipinski definition) is 5. The lowest BCUT2D eigenvalue weighted by molar-refractivity contribution is -0.138. The second kappa shape index (κ2) is 5.85. The average molecular weight is 329 g/mol. The predicted molar refractivity (Wildman–Crippen MR) is 90.2 cm³/mol. The van der Waals surface area contributed by atoms with Gasteiger partial charge >= 0.3 is 0 Å². The molecule has 1 unspecified atom stereocenters. The number of ether oxygens (including phenoxy) is 1. The van der Waals surface area contributed by atoms with E-state index >= 15 is 0 Å². The molecule has 0 aliphatic carbocycles. The maximum atomic E-state index is 12.7. The summed E-state index contributed by atoms with van der Waals surface area (Å²) in [5.41, 5.74) is 2.18. The number of nitrogens with zero attached hydrogens (tertiary/aromatic N) is 3. The average Bonchev–Trinajstić information content (AvgIpc) is 3.20. The second-order valence-corrected chi connectivity index (χ2v) is 6.84. The lowest BCUT2D eigenvalue weighted by atomic mass is 10.1. The minimum absolute atomic E-state index is 0.108. The van der Waals surface area contributed by atoms with Crippen LogP contribution in [0.15, 0.2) is 29.6 Å². The molecule has 0 radical (unpaired) electrons. The number of aryl methyl sites for hydroxylation is 1. The zero-order valence-corrected chi connectivity index (χ0v) is 13.9. The summed E-state index contributed by atoms with van der Waals surface area (Å²) in [4.78, 5) is 21.4. The molecule has 2 aromatic rings. The smallest absolute Gasteiger partial charge is 0.264 e. The molecule has 4 rings (SSSR count). The number of benzene rings is 1. The summed E-state index contributed by atoms with van der Waals surface area (Å²) in [7, 11) is 0. The standard InChI is InChI=1S/C17H19N3O2S/c1-12-11-23-17(18-12)20-8-6-19(7-9-20)16(21)15-10-13-4-2-3-5-14(13)22-15/h2-5,11,15H,6-10H2,1H3. The van der Waals surface area contributed by atoms with Crippen LogP contribution < -0.4 is 9.64 Å². The van der Waals surface area contributed by atoms with E-state index in [9.17, 15) is 4.79 Å². The highest BCUT2D eigenvalue weighted by Gasteiger charge is 2.33. The van der Waals surface area contributed by atoms with Crippen LogP contribution in [0.2, 0.25) is 0 Å². The SMILES string of the molecule is Cc1csc(N2CCN(C(=O)C3Cc4ccccc4O3)CC2)n1. The molecule has 23 heavy (non-hydrogen) atoms. The first kappa shape index (κ1) is 14.5. The van der Waals surface area contributed by atoms with Crippen molar-refractivity contribution in [1.29, 1.82) is 0 Å². The Balaban J connectivity index is 1.37. The summed E-state index contributed by atoms with van der Waals surface area (Å²) in [5, 5.41) is 3.12. The fraction of sp³-hybridized carbons (Fsp3) is 0.412. The quantitative estimate of drug-likeness (QED) is 0.846. The van der Waals surface area contributed by atoms with Crippen molar-refractivity contribution < 1.29 is 9.53 Å². The number of aromatic nitrogens is 1. The first-order chi connectivity index (χ1) is 11.2. The van der Waals surface area contributed by atoms with E-state index in [1.165, 1.54) is 0 Å². The van der Waals surface area contributed by atoms with Crippen molar-refractivity contribution in [3.63, 3.8) is 0 Å². The van der Waals surface area contributed by atoms with E-state index in [0.29, 0.717) is 6.42 Å². The number of carbonyl (C=O) groups excluding carboxylic acids is 1. The van der Waals surface area contributed by atoms with Gasteiger partial charge in [0.1, 0.15) is 5.75 Å². The third kappa shape index (κ3) is 2.79. The molecule has 1 fully saturated rings. The Morgan fingerprint density at radius 3 is 2.74 bits per heavy atom. The molecule has 1 saturated heterocycles. The van der Waals surface area contributed by atoms with Gasteiger partial charge in [-0.1, -0.05) is 18.2 Å². The molecule has 1 aromatic heterocycles. The van der Waals surface area contributed by atoms with Gasteiger partial charge in [0.25, 0.3) is 5.91 Å². The lowest BCUT2D eigenvalue weighted by Gasteiger charge is -2.35. The molecule has 120 valence electrons. The predicted octanol–water partition coefficient (Wildman–Crippen LogP) is 2.10. The highest BCUT2D eigenvalue weighted by Crippen LogP contribution is 2.29. The number of carbonyl (C=O) groups is 1. The van der Waals surface area contributed by atoms with Crippen molar-refractivity contribution in [2.45, 2.75) is 19.4 Å². The number of amides is 1. The Kier molecular flexibility index (Phi) is 3.69. The number of hydrogen-bond donors (Lipinski definition) is 0. The molecule has 5 nitrogen and oxygen atoms in total. The summed E-state index contributed by atoms with van der Waals surface area (Å²) >= 11 is 1.67. The number of fused-ring (bicyclic) bond motifs is 1. The van der Waals surface area contributed by atoms with Gasteiger partial charge in [0.05, 0.1) is 5.69 Å². The van der Waals surface area contributed by atoms with Crippen LogP contribution in [0.5, 0.6) is 5.75 Å². The van der Waals surface area contributed by atoms with Gasteiger partial charge in [-0.15, -0.1) is 11.3 Å². The van der Waals surface area contributed by atoms with Crippen LogP contribution in [0.25, 0.3) is 0 Å². The fourth-order valence-corrected chi connectivity index (χ4v) is 3.99. The topological polar surface area (TPSA) is 45.7 Å². The van der Waals surface area contributed by atoms with Crippen molar-refractivity contribution in [3.05, 3.63) is 40.9 Å². The van der Waals surface area contributed by atoms with Gasteiger partial charge in [0.2, 0.25) is 0 Å². The number of thiazole rings is 1. The van der Waals surface area contributed by atoms with E-state index in [-0.39, 0.29) is 12.0 Å². The summed E-state index contributed by atoms with van der Waals surface area (Å²) in [6, 6.07) is 7.90. The van der Waals surface area contributed by atoms with Crippen LogP contribution in [0.3, 0.4) is 0 Å². The normalized spacial score (nSPS) is 20.3. The Hall–Kier alpha value is -2.08. The molecule has 1 atom stereocenters. The molecule has 0 bridgehead atoms. The van der Waals surface area contributed by atoms with Gasteiger partial charge in [0.15, 0.2) is 11.2 Å². The van der Waals surface area contributed by atoms with Crippen molar-refractivity contribution in [2.24, 2.45) is 0 Å². The Morgan fingerprint density at radius 1 is 1.26 bits per heavy atom. The van der Waals surface area contributed by atoms with Gasteiger partial charge in [-0.3, -0.25) is 4.79 Å². The van der Waals surface area contributed by atoms with E-state index in [0.717, 1.165) is 48.3 Å². The van der Waals surface area contributed by atoms with Crippen molar-refractivity contribution in [2.75, 3.05) is 31.1 Å². The second-order valence-electron chi connectivity index (χ2n) is 6.00. The van der Waals surface area contributed by atoms with E-state index in [4.69, 9.17) is 4.74 Å². The van der Waals surface area contributed by atoms with Gasteiger partial charge < -0.3 is 14.5 Å². The largest absolute Gasteiger partial charge is 0.480 e.